The Morgan fingerprint density at radius 2 is 1.73 bits per heavy atom. The van der Waals surface area contributed by atoms with Crippen LogP contribution in [-0.2, 0) is 0 Å². The molecule has 0 spiro atoms. The maximum atomic E-state index is 14.8. The number of alkyl halides is 2. The van der Waals surface area contributed by atoms with Gasteiger partial charge in [0.15, 0.2) is 0 Å². The summed E-state index contributed by atoms with van der Waals surface area (Å²) >= 11 is 0. The van der Waals surface area contributed by atoms with Gasteiger partial charge < -0.3 is 20.4 Å². The van der Waals surface area contributed by atoms with E-state index < -0.39 is 36.4 Å². The van der Waals surface area contributed by atoms with Crippen molar-refractivity contribution in [1.29, 1.82) is 0 Å². The number of furan rings is 1. The average molecular weight is 553 g/mol. The van der Waals surface area contributed by atoms with Crippen LogP contribution >= 0.6 is 0 Å². The fourth-order valence-corrected chi connectivity index (χ4v) is 5.51. The molecule has 11 heteroatoms. The van der Waals surface area contributed by atoms with Crippen LogP contribution in [0.2, 0.25) is 0 Å². The Balaban J connectivity index is 1.49. The number of benzene rings is 2. The SMILES string of the molecule is CNC(=O)c1c(-c2ccc(F)cc2)oc2nc(NCC(F)F)c(-c3ccc(F)c(C(=O)NC45CC(C4)C5)c3)cc12. The van der Waals surface area contributed by atoms with Crippen molar-refractivity contribution in [3.8, 4) is 22.5 Å². The van der Waals surface area contributed by atoms with Crippen molar-refractivity contribution in [2.75, 3.05) is 18.9 Å². The zero-order valence-electron chi connectivity index (χ0n) is 21.3. The summed E-state index contributed by atoms with van der Waals surface area (Å²) in [5, 5.41) is 8.31. The van der Waals surface area contributed by atoms with E-state index in [0.29, 0.717) is 17.0 Å². The molecule has 2 amide bonds. The first-order chi connectivity index (χ1) is 19.2. The van der Waals surface area contributed by atoms with E-state index in [1.807, 2.05) is 0 Å². The van der Waals surface area contributed by atoms with Gasteiger partial charge in [0.25, 0.3) is 18.2 Å². The molecule has 3 N–H and O–H groups in total. The molecule has 4 aromatic rings. The first-order valence-electron chi connectivity index (χ1n) is 12.8. The minimum Gasteiger partial charge on any atom is -0.437 e. The molecule has 7 nitrogen and oxygen atoms in total. The maximum absolute atomic E-state index is 14.8. The van der Waals surface area contributed by atoms with Gasteiger partial charge in [0.05, 0.1) is 23.1 Å². The summed E-state index contributed by atoms with van der Waals surface area (Å²) in [4.78, 5) is 30.3. The summed E-state index contributed by atoms with van der Waals surface area (Å²) in [5.41, 5.74) is 0.588. The molecule has 2 heterocycles. The van der Waals surface area contributed by atoms with Gasteiger partial charge in [-0.3, -0.25) is 9.59 Å². The van der Waals surface area contributed by atoms with Crippen LogP contribution in [0.15, 0.2) is 52.9 Å². The molecular weight excluding hydrogens is 528 g/mol. The number of anilines is 1. The number of halogens is 4. The number of carbonyl (C=O) groups excluding carboxylic acids is 2. The summed E-state index contributed by atoms with van der Waals surface area (Å²) in [7, 11) is 1.43. The predicted octanol–water partition coefficient (Wildman–Crippen LogP) is 5.76. The Morgan fingerprint density at radius 3 is 2.35 bits per heavy atom. The van der Waals surface area contributed by atoms with Gasteiger partial charge in [0.2, 0.25) is 5.71 Å². The van der Waals surface area contributed by atoms with Crippen molar-refractivity contribution in [3.63, 3.8) is 0 Å². The van der Waals surface area contributed by atoms with Crippen LogP contribution in [0.5, 0.6) is 0 Å². The third-order valence-electron chi connectivity index (χ3n) is 7.61. The molecule has 3 fully saturated rings. The summed E-state index contributed by atoms with van der Waals surface area (Å²) in [6.45, 7) is -0.739. The Hall–Kier alpha value is -4.41. The standard InChI is InChI=1S/C29H24F4N4O3/c1-34-27(39)23-20-9-18(16-4-7-21(31)19(8-16)26(38)37-29-10-14(11-29)12-29)25(35-13-22(32)33)36-28(20)40-24(23)15-2-5-17(30)6-3-15/h2-9,14,22H,10-13H2,1H3,(H,34,39)(H,35,36)(H,37,38). The summed E-state index contributed by atoms with van der Waals surface area (Å²) in [6.07, 6.45) is -0.0782. The number of hydrogen-bond donors (Lipinski definition) is 3. The average Bonchev–Trinajstić information content (AvgIpc) is 3.26. The molecule has 0 radical (unpaired) electrons. The monoisotopic (exact) mass is 552 g/mol. The lowest BCUT2D eigenvalue weighted by atomic mass is 9.50. The molecule has 3 aliphatic carbocycles. The molecule has 0 aliphatic heterocycles. The Labute approximate surface area is 226 Å². The van der Waals surface area contributed by atoms with Gasteiger partial charge in [-0.25, -0.2) is 17.6 Å². The van der Waals surface area contributed by atoms with Crippen LogP contribution in [0, 0.1) is 17.6 Å². The van der Waals surface area contributed by atoms with Gasteiger partial charge in [0.1, 0.15) is 23.2 Å². The van der Waals surface area contributed by atoms with Crippen molar-refractivity contribution in [3.05, 3.63) is 71.3 Å². The summed E-state index contributed by atoms with van der Waals surface area (Å²) in [6, 6.07) is 10.7. The number of nitrogens with zero attached hydrogens (tertiary/aromatic N) is 1. The summed E-state index contributed by atoms with van der Waals surface area (Å²) < 4.78 is 60.6. The highest BCUT2D eigenvalue weighted by Gasteiger charge is 2.57. The summed E-state index contributed by atoms with van der Waals surface area (Å²) in [5.74, 6) is -1.56. The molecule has 40 heavy (non-hydrogen) atoms. The fraction of sp³-hybridized carbons (Fsp3) is 0.276. The van der Waals surface area contributed by atoms with Gasteiger partial charge >= 0.3 is 0 Å². The molecule has 7 rings (SSSR count). The van der Waals surface area contributed by atoms with Gasteiger partial charge in [-0.15, -0.1) is 0 Å². The van der Waals surface area contributed by atoms with Crippen LogP contribution < -0.4 is 16.0 Å². The van der Waals surface area contributed by atoms with E-state index in [0.717, 1.165) is 25.3 Å². The zero-order chi connectivity index (χ0) is 28.2. The van der Waals surface area contributed by atoms with Crippen LogP contribution in [0.3, 0.4) is 0 Å². The van der Waals surface area contributed by atoms with Gasteiger partial charge in [-0.05, 0) is 73.2 Å². The number of nitrogens with one attached hydrogen (secondary N) is 3. The molecular formula is C29H24F4N4O3. The molecule has 3 saturated carbocycles. The first-order valence-corrected chi connectivity index (χ1v) is 12.8. The van der Waals surface area contributed by atoms with Crippen LogP contribution in [0.4, 0.5) is 23.4 Å². The molecule has 2 aromatic heterocycles. The maximum Gasteiger partial charge on any atom is 0.255 e. The molecule has 0 saturated heterocycles. The second-order valence-electron chi connectivity index (χ2n) is 10.3. The molecule has 2 bridgehead atoms. The number of carbonyl (C=O) groups is 2. The quantitative estimate of drug-likeness (QED) is 0.242. The highest BCUT2D eigenvalue weighted by atomic mass is 19.3. The lowest BCUT2D eigenvalue weighted by Gasteiger charge is -2.61. The molecule has 2 aromatic carbocycles. The van der Waals surface area contributed by atoms with Gasteiger partial charge in [0, 0.05) is 23.7 Å². The molecule has 0 atom stereocenters. The second kappa shape index (κ2) is 9.65. The van der Waals surface area contributed by atoms with Gasteiger partial charge in [-0.1, -0.05) is 6.07 Å². The molecule has 206 valence electrons. The van der Waals surface area contributed by atoms with Crippen LogP contribution in [-0.4, -0.2) is 42.4 Å². The third kappa shape index (κ3) is 4.44. The smallest absolute Gasteiger partial charge is 0.255 e. The molecule has 3 aliphatic rings. The highest BCUT2D eigenvalue weighted by Crippen LogP contribution is 2.57. The van der Waals surface area contributed by atoms with E-state index in [1.54, 1.807) is 0 Å². The number of rotatable bonds is 8. The molecule has 0 unspecified atom stereocenters. The minimum atomic E-state index is -2.71. The highest BCUT2D eigenvalue weighted by molar-refractivity contribution is 6.11. The Kier molecular flexibility index (Phi) is 6.24. The number of aromatic nitrogens is 1. The first kappa shape index (κ1) is 25.8. The van der Waals surface area contributed by atoms with E-state index in [2.05, 4.69) is 20.9 Å². The largest absolute Gasteiger partial charge is 0.437 e. The topological polar surface area (TPSA) is 96.3 Å². The Morgan fingerprint density at radius 1 is 1.02 bits per heavy atom. The fourth-order valence-electron chi connectivity index (χ4n) is 5.51. The van der Waals surface area contributed by atoms with E-state index in [-0.39, 0.29) is 44.9 Å². The van der Waals surface area contributed by atoms with E-state index in [1.165, 1.54) is 49.5 Å². The second-order valence-corrected chi connectivity index (χ2v) is 10.3. The Bertz CT molecular complexity index is 1630. The minimum absolute atomic E-state index is 0.00643. The van der Waals surface area contributed by atoms with Gasteiger partial charge in [-0.2, -0.15) is 4.98 Å². The number of pyridine rings is 1. The lowest BCUT2D eigenvalue weighted by Crippen LogP contribution is -2.68. The van der Waals surface area contributed by atoms with Crippen LogP contribution in [0.25, 0.3) is 33.6 Å². The van der Waals surface area contributed by atoms with Crippen molar-refractivity contribution in [1.82, 2.24) is 15.6 Å². The van der Waals surface area contributed by atoms with E-state index in [9.17, 15) is 27.2 Å². The zero-order valence-corrected chi connectivity index (χ0v) is 21.3. The van der Waals surface area contributed by atoms with E-state index >= 15 is 0 Å². The number of hydrogen-bond acceptors (Lipinski definition) is 5. The normalized spacial score (nSPS) is 19.2. The lowest BCUT2D eigenvalue weighted by molar-refractivity contribution is -0.0439. The van der Waals surface area contributed by atoms with Crippen molar-refractivity contribution >= 4 is 28.7 Å². The van der Waals surface area contributed by atoms with E-state index in [4.69, 9.17) is 4.42 Å². The van der Waals surface area contributed by atoms with Crippen molar-refractivity contribution in [2.45, 2.75) is 31.2 Å². The van der Waals surface area contributed by atoms with Crippen molar-refractivity contribution in [2.24, 2.45) is 5.92 Å². The number of amides is 2. The predicted molar refractivity (Wildman–Crippen MR) is 140 cm³/mol. The van der Waals surface area contributed by atoms with Crippen molar-refractivity contribution < 1.29 is 31.6 Å². The third-order valence-corrected chi connectivity index (χ3v) is 7.61. The number of fused-ring (bicyclic) bond motifs is 1. The van der Waals surface area contributed by atoms with Crippen LogP contribution in [0.1, 0.15) is 40.0 Å².